The molecular weight excluding hydrogens is 1270 g/mol. The van der Waals surface area contributed by atoms with Gasteiger partial charge in [-0.05, 0) is 102 Å². The number of nitrogens with zero attached hydrogens (tertiary/aromatic N) is 18. The Bertz CT molecular complexity index is 3200. The van der Waals surface area contributed by atoms with E-state index in [2.05, 4.69) is 41.6 Å². The van der Waals surface area contributed by atoms with Crippen molar-refractivity contribution in [3.8, 4) is 0 Å². The van der Waals surface area contributed by atoms with Crippen LogP contribution in [0.4, 0.5) is 0 Å². The Hall–Kier alpha value is -8.82. The van der Waals surface area contributed by atoms with Gasteiger partial charge in [0.1, 0.15) is 79.4 Å². The maximum Gasteiger partial charge on any atom is 0.246 e. The summed E-state index contributed by atoms with van der Waals surface area (Å²) in [6, 6.07) is -8.78. The lowest BCUT2D eigenvalue weighted by Gasteiger charge is -2.34. The van der Waals surface area contributed by atoms with Crippen LogP contribution < -0.4 is 22.1 Å². The fraction of sp³-hybridized carbons (Fsp3) is 0.719. The average molecular weight is 1360 g/mol. The molecule has 9 saturated heterocycles. The van der Waals surface area contributed by atoms with Crippen LogP contribution in [0.25, 0.3) is 0 Å². The van der Waals surface area contributed by atoms with Gasteiger partial charge in [-0.3, -0.25) is 57.5 Å². The molecule has 0 spiro atoms. The van der Waals surface area contributed by atoms with Gasteiger partial charge in [-0.2, -0.15) is 0 Å². The van der Waals surface area contributed by atoms with Crippen molar-refractivity contribution < 1.29 is 57.5 Å². The first-order valence-electron chi connectivity index (χ1n) is 34.2. The monoisotopic (exact) mass is 1360 g/mol. The van der Waals surface area contributed by atoms with Crippen molar-refractivity contribution in [1.29, 1.82) is 0 Å². The van der Waals surface area contributed by atoms with Crippen molar-refractivity contribution in [2.24, 2.45) is 17.4 Å². The van der Waals surface area contributed by atoms with Crippen LogP contribution >= 0.6 is 0 Å². The second-order valence-electron chi connectivity index (χ2n) is 27.8. The number of amides is 11. The van der Waals surface area contributed by atoms with Gasteiger partial charge in [-0.25, -0.2) is 14.0 Å². The second-order valence-corrected chi connectivity index (χ2v) is 27.8. The van der Waals surface area contributed by atoms with Crippen LogP contribution in [0.2, 0.25) is 0 Å². The first-order valence-corrected chi connectivity index (χ1v) is 34.2. The zero-order valence-corrected chi connectivity index (χ0v) is 54.2. The van der Waals surface area contributed by atoms with Gasteiger partial charge in [0, 0.05) is 90.0 Å². The number of hydrogen-bond acceptors (Lipinski definition) is 20. The number of nitrogens with one attached hydrogen (secondary N) is 2. The van der Waals surface area contributed by atoms with E-state index in [-0.39, 0.29) is 147 Å². The fourth-order valence-corrected chi connectivity index (χ4v) is 16.5. The number of nitrogens with two attached hydrogens (primary N) is 2. The molecule has 6 bridgehead atoms. The van der Waals surface area contributed by atoms with E-state index in [0.717, 1.165) is 0 Å². The number of carbonyl (C=O) groups is 12. The van der Waals surface area contributed by atoms with Crippen LogP contribution in [0.5, 0.6) is 0 Å². The van der Waals surface area contributed by atoms with Gasteiger partial charge in [0.15, 0.2) is 5.78 Å². The molecule has 0 radical (unpaired) electrons. The maximum absolute atomic E-state index is 14.6. The zero-order chi connectivity index (χ0) is 67.2. The highest BCUT2D eigenvalue weighted by molar-refractivity contribution is 5.98. The second kappa shape index (κ2) is 29.7. The number of ketones is 1. The number of carbonyl (C=O) groups excluding carboxylic acids is 12. The van der Waals surface area contributed by atoms with Crippen LogP contribution in [-0.2, 0) is 96.7 Å². The third kappa shape index (κ3) is 14.2. The van der Waals surface area contributed by atoms with Crippen molar-refractivity contribution in [2.45, 2.75) is 230 Å². The molecule has 3 aromatic rings. The van der Waals surface area contributed by atoms with Crippen LogP contribution in [0.3, 0.4) is 0 Å². The maximum atomic E-state index is 14.6. The Morgan fingerprint density at radius 1 is 0.367 bits per heavy atom. The quantitative estimate of drug-likeness (QED) is 0.173. The van der Waals surface area contributed by atoms with E-state index in [4.69, 9.17) is 11.5 Å². The van der Waals surface area contributed by atoms with Gasteiger partial charge in [0.25, 0.3) is 0 Å². The van der Waals surface area contributed by atoms with Gasteiger partial charge in [-0.15, -0.1) is 15.3 Å². The molecule has 6 N–H and O–H groups in total. The summed E-state index contributed by atoms with van der Waals surface area (Å²) in [6.45, 7) is 3.17. The Balaban J connectivity index is 0.00000486. The van der Waals surface area contributed by atoms with Crippen molar-refractivity contribution >= 4 is 70.8 Å². The third-order valence-corrected chi connectivity index (χ3v) is 21.2. The molecule has 0 aromatic carbocycles. The summed E-state index contributed by atoms with van der Waals surface area (Å²) < 4.78 is 3.98. The lowest BCUT2D eigenvalue weighted by atomic mass is 10.0. The lowest BCUT2D eigenvalue weighted by molar-refractivity contribution is -0.150. The third-order valence-electron chi connectivity index (χ3n) is 21.2. The molecule has 34 heteroatoms. The summed E-state index contributed by atoms with van der Waals surface area (Å²) in [5.74, 6) is -4.58. The van der Waals surface area contributed by atoms with Crippen molar-refractivity contribution in [1.82, 2.24) is 99.7 Å². The van der Waals surface area contributed by atoms with Gasteiger partial charge >= 0.3 is 0 Å². The minimum Gasteiger partial charge on any atom is -0.349 e. The van der Waals surface area contributed by atoms with E-state index in [1.807, 2.05) is 6.92 Å². The highest BCUT2D eigenvalue weighted by atomic mass is 16.2. The van der Waals surface area contributed by atoms with E-state index < -0.39 is 102 Å². The van der Waals surface area contributed by atoms with E-state index in [0.29, 0.717) is 127 Å². The molecule has 10 aliphatic heterocycles. The van der Waals surface area contributed by atoms with Crippen LogP contribution in [0, 0.1) is 5.92 Å². The van der Waals surface area contributed by atoms with Gasteiger partial charge in [0.2, 0.25) is 65.0 Å². The minimum absolute atomic E-state index is 0. The summed E-state index contributed by atoms with van der Waals surface area (Å²) in [5, 5.41) is 30.8. The number of Topliss-reactive ketones (excluding diaryl/α,β-unsaturated/α-hetero) is 1. The molecule has 532 valence electrons. The topological polar surface area (TPSA) is 402 Å². The fourth-order valence-electron chi connectivity index (χ4n) is 16.5. The summed E-state index contributed by atoms with van der Waals surface area (Å²) in [6.07, 6.45) is 11.1. The van der Waals surface area contributed by atoms with Crippen LogP contribution in [0.1, 0.15) is 142 Å². The molecule has 0 unspecified atom stereocenters. The largest absolute Gasteiger partial charge is 0.349 e. The van der Waals surface area contributed by atoms with Gasteiger partial charge in [-0.1, -0.05) is 37.4 Å². The molecule has 34 nitrogen and oxygen atoms in total. The first-order chi connectivity index (χ1) is 46.3. The zero-order valence-electron chi connectivity index (χ0n) is 54.2. The Labute approximate surface area is 568 Å². The van der Waals surface area contributed by atoms with Crippen LogP contribution in [-0.4, -0.2) is 285 Å². The predicted molar refractivity (Wildman–Crippen MR) is 344 cm³/mol. The molecule has 98 heavy (non-hydrogen) atoms. The molecule has 9 fully saturated rings. The summed E-state index contributed by atoms with van der Waals surface area (Å²) >= 11 is 0. The SMILES string of the molecule is C.C.C[C@@H]1C[C@H]2C(=O)N3CCC[C@H]3C(=O)N3CCC[C@H]3C(=O)NCc3cn(nn3)CC(=O)N3C[C@H](N)C[C@H]3C(=O)N3CCC[C@H]3C(=O)N3CCC[C@H]3C(=O)NCc3cn(nn3)CC(=O)N3C[C@H](N)C[C@H]3C(=O)N3CCC[C@H]3C(=O)N3CCC[C@H]3C(=O)CCc3cn(nn3)CC(=O)N2C1. The van der Waals surface area contributed by atoms with E-state index in [1.54, 1.807) is 16.0 Å². The minimum atomic E-state index is -0.969. The first kappa shape index (κ1) is 70.5. The van der Waals surface area contributed by atoms with Crippen molar-refractivity contribution in [3.63, 3.8) is 0 Å². The molecule has 11 amide bonds. The Kier molecular flexibility index (Phi) is 21.4. The van der Waals surface area contributed by atoms with E-state index in [9.17, 15) is 57.5 Å². The Morgan fingerprint density at radius 3 is 1.07 bits per heavy atom. The highest BCUT2D eigenvalue weighted by Gasteiger charge is 2.51. The van der Waals surface area contributed by atoms with Gasteiger partial charge < -0.3 is 66.2 Å². The number of aryl methyl sites for hydroxylation is 1. The molecule has 10 aliphatic rings. The molecule has 0 saturated carbocycles. The normalized spacial score (nSPS) is 31.0. The highest BCUT2D eigenvalue weighted by Crippen LogP contribution is 2.34. The van der Waals surface area contributed by atoms with Crippen LogP contribution in [0.15, 0.2) is 18.6 Å². The Morgan fingerprint density at radius 2 is 0.673 bits per heavy atom. The molecule has 13 heterocycles. The average Bonchev–Trinajstić information content (AvgIpc) is 1.64. The van der Waals surface area contributed by atoms with Crippen molar-refractivity contribution in [2.75, 3.05) is 58.9 Å². The molecule has 3 aromatic heterocycles. The molecular formula is C64H94N22O12. The van der Waals surface area contributed by atoms with Crippen molar-refractivity contribution in [3.05, 3.63) is 35.7 Å². The van der Waals surface area contributed by atoms with E-state index >= 15 is 0 Å². The number of aromatic nitrogens is 9. The standard InChI is InChI=1S/C62H86N22O12.2CH4/c1-36-22-48-60(94)79-19-6-12-46(79)58(92)77-17-3-9-43(77)55(89)65-25-40-32-75(72-68-40)35-54(88)84-29-38(64)24-50(84)62(96)81-21-7-13-47(81)59(93)78-18-4-10-44(78)56(90)66-26-41-31-74(71-69-41)34-53(87)83-28-37(63)23-49(83)61(95)80-20-5-11-45(80)57(91)76-16-2-8-42(76)51(85)15-14-39-30-73(70-67-39)33-52(86)82(48)27-36;;/h30-32,36-38,42-50H,2-29,33-35,63-64H2,1H3,(H,65,89)(H,66,90);2*1H4/t36-,37-,38-,42+,43+,44+,45+,46+,47+,48+,49+,50+;;/m1../s1. The molecule has 13 rings (SSSR count). The lowest BCUT2D eigenvalue weighted by Crippen LogP contribution is -2.56. The summed E-state index contributed by atoms with van der Waals surface area (Å²) in [7, 11) is 0. The number of hydrogen-bond donors (Lipinski definition) is 4. The molecule has 0 aliphatic carbocycles. The smallest absolute Gasteiger partial charge is 0.246 e. The predicted octanol–water partition coefficient (Wildman–Crippen LogP) is -3.08. The summed E-state index contributed by atoms with van der Waals surface area (Å²) in [5.41, 5.74) is 13.9. The molecule has 12 atom stereocenters. The number of fused-ring (bicyclic) bond motifs is 15. The summed E-state index contributed by atoms with van der Waals surface area (Å²) in [4.78, 5) is 185. The van der Waals surface area contributed by atoms with Gasteiger partial charge in [0.05, 0.1) is 37.2 Å². The van der Waals surface area contributed by atoms with E-state index in [1.165, 1.54) is 60.7 Å². The number of rotatable bonds is 0.